The highest BCUT2D eigenvalue weighted by atomic mass is 32.2. The van der Waals surface area contributed by atoms with Gasteiger partial charge < -0.3 is 44.3 Å². The van der Waals surface area contributed by atoms with Crippen molar-refractivity contribution in [3.63, 3.8) is 0 Å². The van der Waals surface area contributed by atoms with Crippen molar-refractivity contribution in [2.45, 2.75) is 54.1 Å². The van der Waals surface area contributed by atoms with Crippen LogP contribution in [-0.2, 0) is 14.2 Å². The maximum absolute atomic E-state index is 10.6. The van der Waals surface area contributed by atoms with E-state index in [-0.39, 0.29) is 6.61 Å². The smallest absolute Gasteiger partial charge is 0.181 e. The zero-order valence-electron chi connectivity index (χ0n) is 14.4. The highest BCUT2D eigenvalue weighted by molar-refractivity contribution is 7.98. The summed E-state index contributed by atoms with van der Waals surface area (Å²) in [6, 6.07) is -0.829. The van der Waals surface area contributed by atoms with E-state index in [9.17, 15) is 25.5 Å². The van der Waals surface area contributed by atoms with Crippen LogP contribution in [-0.4, -0.2) is 98.5 Å². The first-order chi connectivity index (χ1) is 12.4. The summed E-state index contributed by atoms with van der Waals surface area (Å²) < 4.78 is 17.8. The predicted molar refractivity (Wildman–Crippen MR) is 88.5 cm³/mol. The van der Waals surface area contributed by atoms with Crippen LogP contribution in [0.15, 0.2) is 11.4 Å². The Hall–Kier alpha value is -0.760. The molecule has 0 amide bonds. The first-order valence-electron chi connectivity index (χ1n) is 8.18. The predicted octanol–water partition coefficient (Wildman–Crippen LogP) is -1.98. The number of nitrogens with zero attached hydrogens (tertiary/aromatic N) is 2. The molecule has 5 N–H and O–H groups in total. The van der Waals surface area contributed by atoms with E-state index in [1.807, 2.05) is 0 Å². The third kappa shape index (κ3) is 3.39. The fraction of sp³-hybridized carbons (Fsp3) is 0.800. The average molecular weight is 392 g/mol. The quantitative estimate of drug-likeness (QED) is 0.357. The number of aliphatic hydroxyl groups excluding tert-OH is 5. The van der Waals surface area contributed by atoms with Gasteiger partial charge in [-0.1, -0.05) is 11.8 Å². The summed E-state index contributed by atoms with van der Waals surface area (Å²) in [7, 11) is 1.40. The standard InChI is InChI=1S/C15H24N2O8S/c1-23-14-9(12(22)11(21)8(4-18)25-14)17-3-6(16-15(17)26-2)13-10(20)7(19)5-24-13/h3,7-14,18-22H,4-5H2,1-2H3/t7-,8-,9-,10-,11-,12-,13-,14+/m1/s1. The molecule has 1 aromatic heterocycles. The molecule has 0 saturated carbocycles. The van der Waals surface area contributed by atoms with E-state index in [2.05, 4.69) is 4.98 Å². The van der Waals surface area contributed by atoms with Crippen LogP contribution in [0.5, 0.6) is 0 Å². The molecular formula is C15H24N2O8S. The highest BCUT2D eigenvalue weighted by Crippen LogP contribution is 2.36. The van der Waals surface area contributed by atoms with Gasteiger partial charge in [-0.05, 0) is 6.26 Å². The number of hydrogen-bond donors (Lipinski definition) is 5. The first kappa shape index (κ1) is 20.0. The molecule has 10 nitrogen and oxygen atoms in total. The molecule has 0 aromatic carbocycles. The molecule has 1 aromatic rings. The number of methoxy groups -OCH3 is 1. The van der Waals surface area contributed by atoms with E-state index >= 15 is 0 Å². The van der Waals surface area contributed by atoms with Crippen LogP contribution in [0, 0.1) is 0 Å². The molecule has 2 aliphatic rings. The van der Waals surface area contributed by atoms with Gasteiger partial charge in [-0.3, -0.25) is 0 Å². The Kier molecular flexibility index (Phi) is 6.22. The Morgan fingerprint density at radius 2 is 2.00 bits per heavy atom. The van der Waals surface area contributed by atoms with Crippen molar-refractivity contribution in [1.82, 2.24) is 9.55 Å². The number of imidazole rings is 1. The lowest BCUT2D eigenvalue weighted by Crippen LogP contribution is -2.56. The maximum atomic E-state index is 10.6. The van der Waals surface area contributed by atoms with Crippen molar-refractivity contribution in [2.24, 2.45) is 0 Å². The summed E-state index contributed by atoms with van der Waals surface area (Å²) in [6.07, 6.45) is -4.03. The fourth-order valence-electron chi connectivity index (χ4n) is 3.32. The second-order valence-corrected chi connectivity index (χ2v) is 7.08. The van der Waals surface area contributed by atoms with Gasteiger partial charge in [0, 0.05) is 13.3 Å². The topological polar surface area (TPSA) is 147 Å². The molecule has 2 saturated heterocycles. The van der Waals surface area contributed by atoms with Crippen molar-refractivity contribution < 1.29 is 39.7 Å². The molecule has 0 spiro atoms. The molecule has 0 radical (unpaired) electrons. The van der Waals surface area contributed by atoms with Gasteiger partial charge in [0.15, 0.2) is 11.4 Å². The van der Waals surface area contributed by atoms with Gasteiger partial charge in [0.25, 0.3) is 0 Å². The molecule has 3 rings (SSSR count). The zero-order valence-corrected chi connectivity index (χ0v) is 15.2. The molecule has 3 heterocycles. The molecule has 148 valence electrons. The summed E-state index contributed by atoms with van der Waals surface area (Å²) in [5.41, 5.74) is 0.388. The minimum absolute atomic E-state index is 0.0000490. The normalized spacial score (nSPS) is 40.9. The van der Waals surface area contributed by atoms with Gasteiger partial charge >= 0.3 is 0 Å². The van der Waals surface area contributed by atoms with Crippen LogP contribution in [0.1, 0.15) is 17.8 Å². The lowest BCUT2D eigenvalue weighted by atomic mass is 9.97. The van der Waals surface area contributed by atoms with E-state index < -0.39 is 55.6 Å². The lowest BCUT2D eigenvalue weighted by Gasteiger charge is -2.42. The summed E-state index contributed by atoms with van der Waals surface area (Å²) in [5, 5.41) is 50.3. The van der Waals surface area contributed by atoms with Gasteiger partial charge in [0.2, 0.25) is 0 Å². The Balaban J connectivity index is 1.94. The summed E-state index contributed by atoms with van der Waals surface area (Å²) in [4.78, 5) is 4.41. The van der Waals surface area contributed by atoms with E-state index in [1.54, 1.807) is 17.0 Å². The number of rotatable bonds is 5. The van der Waals surface area contributed by atoms with Crippen molar-refractivity contribution in [3.05, 3.63) is 11.9 Å². The van der Waals surface area contributed by atoms with Gasteiger partial charge in [-0.15, -0.1) is 0 Å². The van der Waals surface area contributed by atoms with Gasteiger partial charge in [-0.2, -0.15) is 0 Å². The zero-order chi connectivity index (χ0) is 19.0. The first-order valence-corrected chi connectivity index (χ1v) is 9.41. The van der Waals surface area contributed by atoms with Crippen molar-refractivity contribution in [2.75, 3.05) is 26.6 Å². The largest absolute Gasteiger partial charge is 0.394 e. The van der Waals surface area contributed by atoms with Crippen LogP contribution < -0.4 is 0 Å². The SMILES string of the molecule is CO[C@H]1O[C@H](CO)[C@@H](O)[C@H](O)[C@H]1n1cc([C@H]2OC[C@@H](O)[C@H]2O)nc1SC. The van der Waals surface area contributed by atoms with Crippen molar-refractivity contribution in [3.8, 4) is 0 Å². The van der Waals surface area contributed by atoms with Crippen LogP contribution in [0.25, 0.3) is 0 Å². The number of ether oxygens (including phenoxy) is 3. The fourth-order valence-corrected chi connectivity index (χ4v) is 3.90. The highest BCUT2D eigenvalue weighted by Gasteiger charge is 2.47. The van der Waals surface area contributed by atoms with Crippen LogP contribution >= 0.6 is 11.8 Å². The van der Waals surface area contributed by atoms with Crippen LogP contribution in [0.2, 0.25) is 0 Å². The average Bonchev–Trinajstić information content (AvgIpc) is 3.20. The van der Waals surface area contributed by atoms with Crippen LogP contribution in [0.4, 0.5) is 0 Å². The second kappa shape index (κ2) is 8.09. The third-order valence-corrected chi connectivity index (χ3v) is 5.41. The molecule has 0 unspecified atom stereocenters. The molecule has 2 aliphatic heterocycles. The molecule has 26 heavy (non-hydrogen) atoms. The number of hydrogen-bond acceptors (Lipinski definition) is 10. The van der Waals surface area contributed by atoms with E-state index in [0.717, 1.165) is 0 Å². The minimum Gasteiger partial charge on any atom is -0.394 e. The summed E-state index contributed by atoms with van der Waals surface area (Å²) >= 11 is 1.29. The summed E-state index contributed by atoms with van der Waals surface area (Å²) in [5.74, 6) is 0. The molecular weight excluding hydrogens is 368 g/mol. The number of aliphatic hydroxyl groups is 5. The van der Waals surface area contributed by atoms with E-state index in [0.29, 0.717) is 10.9 Å². The van der Waals surface area contributed by atoms with Crippen molar-refractivity contribution >= 4 is 11.8 Å². The Bertz CT molecular complexity index is 614. The Morgan fingerprint density at radius 1 is 1.27 bits per heavy atom. The van der Waals surface area contributed by atoms with Gasteiger partial charge in [0.05, 0.1) is 18.9 Å². The summed E-state index contributed by atoms with van der Waals surface area (Å²) in [6.45, 7) is -0.463. The number of thioether (sulfide) groups is 1. The molecule has 11 heteroatoms. The molecule has 0 aliphatic carbocycles. The Morgan fingerprint density at radius 3 is 2.54 bits per heavy atom. The minimum atomic E-state index is -1.31. The lowest BCUT2D eigenvalue weighted by molar-refractivity contribution is -0.273. The molecule has 8 atom stereocenters. The van der Waals surface area contributed by atoms with Crippen LogP contribution in [0.3, 0.4) is 0 Å². The Labute approximate surface area is 154 Å². The van der Waals surface area contributed by atoms with Gasteiger partial charge in [-0.25, -0.2) is 4.98 Å². The van der Waals surface area contributed by atoms with Gasteiger partial charge in [0.1, 0.15) is 42.7 Å². The second-order valence-electron chi connectivity index (χ2n) is 6.30. The number of aromatic nitrogens is 2. The van der Waals surface area contributed by atoms with E-state index in [4.69, 9.17) is 14.2 Å². The monoisotopic (exact) mass is 392 g/mol. The molecule has 2 fully saturated rings. The third-order valence-electron chi connectivity index (χ3n) is 4.74. The van der Waals surface area contributed by atoms with Crippen molar-refractivity contribution in [1.29, 1.82) is 0 Å². The van der Waals surface area contributed by atoms with E-state index in [1.165, 1.54) is 18.9 Å². The molecule has 0 bridgehead atoms. The maximum Gasteiger partial charge on any atom is 0.181 e.